The van der Waals surface area contributed by atoms with Gasteiger partial charge in [-0.15, -0.1) is 0 Å². The van der Waals surface area contributed by atoms with Gasteiger partial charge in [-0.2, -0.15) is 0 Å². The highest BCUT2D eigenvalue weighted by atomic mass is 32.2. The van der Waals surface area contributed by atoms with Crippen molar-refractivity contribution in [2.45, 2.75) is 38.8 Å². The fourth-order valence-electron chi connectivity index (χ4n) is 4.35. The Kier molecular flexibility index (Phi) is 6.20. The molecule has 0 atom stereocenters. The normalized spacial score (nSPS) is 18.6. The number of benzene rings is 1. The second-order valence-electron chi connectivity index (χ2n) is 8.45. The molecule has 2 saturated heterocycles. The number of para-hydroxylation sites is 1. The Morgan fingerprint density at radius 3 is 2.76 bits per heavy atom. The topological polar surface area (TPSA) is 88.1 Å². The van der Waals surface area contributed by atoms with Crippen LogP contribution in [0.5, 0.6) is 0 Å². The summed E-state index contributed by atoms with van der Waals surface area (Å²) in [4.78, 5) is 39.7. The molecule has 1 aromatic carbocycles. The number of pyridine rings is 1. The van der Waals surface area contributed by atoms with E-state index in [1.54, 1.807) is 18.3 Å². The largest absolute Gasteiger partial charge is 0.341 e. The number of piperidine rings is 1. The zero-order valence-corrected chi connectivity index (χ0v) is 19.3. The number of carbonyl (C=O) groups excluding carboxylic acids is 2. The van der Waals surface area contributed by atoms with Crippen LogP contribution in [0.3, 0.4) is 0 Å². The summed E-state index contributed by atoms with van der Waals surface area (Å²) in [5.74, 6) is 0.537. The fourth-order valence-corrected chi connectivity index (χ4v) is 5.17. The number of rotatable bonds is 5. The lowest BCUT2D eigenvalue weighted by Crippen LogP contribution is -2.43. The van der Waals surface area contributed by atoms with Crippen LogP contribution in [0.25, 0.3) is 17.0 Å². The number of nitrogens with one attached hydrogen (secondary N) is 1. The highest BCUT2D eigenvalue weighted by Crippen LogP contribution is 2.30. The monoisotopic (exact) mass is 459 g/mol. The van der Waals surface area contributed by atoms with Crippen LogP contribution in [0.15, 0.2) is 47.5 Å². The van der Waals surface area contributed by atoms with Gasteiger partial charge in [0.25, 0.3) is 0 Å². The number of allylic oxidation sites excluding steroid dienone is 1. The van der Waals surface area contributed by atoms with E-state index in [9.17, 15) is 9.59 Å². The molecule has 0 spiro atoms. The zero-order valence-electron chi connectivity index (χ0n) is 18.5. The van der Waals surface area contributed by atoms with Crippen LogP contribution < -0.4 is 10.2 Å². The third-order valence-corrected chi connectivity index (χ3v) is 6.97. The molecule has 2 aliphatic heterocycles. The van der Waals surface area contributed by atoms with Crippen molar-refractivity contribution in [2.75, 3.05) is 18.0 Å². The quantitative estimate of drug-likeness (QED) is 0.457. The third kappa shape index (κ3) is 4.96. The van der Waals surface area contributed by atoms with Crippen LogP contribution >= 0.6 is 11.8 Å². The van der Waals surface area contributed by atoms with Gasteiger partial charge in [0.15, 0.2) is 5.78 Å². The maximum absolute atomic E-state index is 11.9. The van der Waals surface area contributed by atoms with Crippen molar-refractivity contribution >= 4 is 45.6 Å². The van der Waals surface area contributed by atoms with Gasteiger partial charge in [-0.25, -0.2) is 9.97 Å². The summed E-state index contributed by atoms with van der Waals surface area (Å²) < 4.78 is 0. The van der Waals surface area contributed by atoms with E-state index in [1.165, 1.54) is 10.9 Å². The first-order valence-corrected chi connectivity index (χ1v) is 12.0. The number of ketones is 1. The molecule has 0 saturated carbocycles. The summed E-state index contributed by atoms with van der Waals surface area (Å²) in [6.07, 6.45) is 5.38. The Morgan fingerprint density at radius 2 is 1.97 bits per heavy atom. The summed E-state index contributed by atoms with van der Waals surface area (Å²) in [7, 11) is 0. The van der Waals surface area contributed by atoms with Crippen molar-refractivity contribution in [1.29, 1.82) is 0 Å². The number of hydrogen-bond donors (Lipinski definition) is 1. The smallest absolute Gasteiger partial charge is 0.225 e. The number of Topliss-reactive ketones (excluding diaryl/α,β-unsaturated/α-hetero) is 1. The molecule has 0 amide bonds. The number of hydrogen-bond acceptors (Lipinski definition) is 8. The molecule has 168 valence electrons. The number of thioether (sulfide) groups is 1. The predicted octanol–water partition coefficient (Wildman–Crippen LogP) is 3.67. The molecule has 0 aliphatic carbocycles. The van der Waals surface area contributed by atoms with Crippen molar-refractivity contribution in [3.8, 4) is 0 Å². The molecule has 1 N–H and O–H groups in total. The van der Waals surface area contributed by atoms with E-state index >= 15 is 0 Å². The number of carbonyl (C=O) groups is 2. The minimum absolute atomic E-state index is 0.0240. The molecular weight excluding hydrogens is 434 g/mol. The van der Waals surface area contributed by atoms with Crippen molar-refractivity contribution in [3.63, 3.8) is 0 Å². The van der Waals surface area contributed by atoms with Crippen LogP contribution in [0.2, 0.25) is 0 Å². The van der Waals surface area contributed by atoms with Gasteiger partial charge in [-0.05, 0) is 61.4 Å². The minimum atomic E-state index is -0.130. The Balaban J connectivity index is 1.20. The van der Waals surface area contributed by atoms with Crippen LogP contribution in [0.4, 0.5) is 5.95 Å². The molecule has 0 bridgehead atoms. The summed E-state index contributed by atoms with van der Waals surface area (Å²) >= 11 is 1.00. The van der Waals surface area contributed by atoms with E-state index < -0.39 is 0 Å². The SMILES string of the molecule is Cc1cc(CNC2CCN(c3nccc(/C=C4\SC(=O)CC4=O)n3)CC2)c2ccccc2n1. The first-order valence-electron chi connectivity index (χ1n) is 11.2. The highest BCUT2D eigenvalue weighted by molar-refractivity contribution is 8.18. The summed E-state index contributed by atoms with van der Waals surface area (Å²) in [6, 6.07) is 12.6. The predicted molar refractivity (Wildman–Crippen MR) is 131 cm³/mol. The molecule has 0 unspecified atom stereocenters. The fraction of sp³-hybridized carbons (Fsp3) is 0.320. The zero-order chi connectivity index (χ0) is 22.8. The Hall–Kier alpha value is -3.10. The number of fused-ring (bicyclic) bond motifs is 1. The summed E-state index contributed by atoms with van der Waals surface area (Å²) in [6.45, 7) is 4.58. The molecule has 8 heteroatoms. The molecule has 7 nitrogen and oxygen atoms in total. The summed E-state index contributed by atoms with van der Waals surface area (Å²) in [5.41, 5.74) is 4.01. The maximum Gasteiger partial charge on any atom is 0.225 e. The Morgan fingerprint density at radius 1 is 1.15 bits per heavy atom. The Bertz CT molecular complexity index is 1250. The lowest BCUT2D eigenvalue weighted by atomic mass is 10.0. The molecule has 3 aromatic rings. The van der Waals surface area contributed by atoms with E-state index in [2.05, 4.69) is 49.4 Å². The van der Waals surface area contributed by atoms with Gasteiger partial charge in [0.2, 0.25) is 11.1 Å². The minimum Gasteiger partial charge on any atom is -0.341 e. The van der Waals surface area contributed by atoms with Crippen LogP contribution in [0, 0.1) is 6.92 Å². The number of anilines is 1. The molecule has 5 rings (SSSR count). The number of aromatic nitrogens is 3. The van der Waals surface area contributed by atoms with Crippen molar-refractivity contribution < 1.29 is 9.59 Å². The van der Waals surface area contributed by atoms with E-state index in [1.807, 2.05) is 13.0 Å². The first-order chi connectivity index (χ1) is 16.0. The van der Waals surface area contributed by atoms with Gasteiger partial charge in [-0.1, -0.05) is 18.2 Å². The Labute approximate surface area is 196 Å². The second kappa shape index (κ2) is 9.41. The van der Waals surface area contributed by atoms with Crippen molar-refractivity contribution in [1.82, 2.24) is 20.3 Å². The average molecular weight is 460 g/mol. The van der Waals surface area contributed by atoms with Gasteiger partial charge >= 0.3 is 0 Å². The van der Waals surface area contributed by atoms with Gasteiger partial charge < -0.3 is 10.2 Å². The van der Waals surface area contributed by atoms with Crippen molar-refractivity contribution in [2.24, 2.45) is 0 Å². The molecule has 2 aromatic heterocycles. The van der Waals surface area contributed by atoms with Gasteiger partial charge in [0.1, 0.15) is 0 Å². The molecule has 2 aliphatic rings. The van der Waals surface area contributed by atoms with E-state index in [-0.39, 0.29) is 17.3 Å². The second-order valence-corrected chi connectivity index (χ2v) is 9.55. The van der Waals surface area contributed by atoms with Crippen LogP contribution in [0.1, 0.15) is 36.2 Å². The molecule has 2 fully saturated rings. The number of nitrogens with zero attached hydrogens (tertiary/aromatic N) is 4. The number of aryl methyl sites for hydroxylation is 1. The molecule has 33 heavy (non-hydrogen) atoms. The standard InChI is InChI=1S/C25H25N5O2S/c1-16-12-17(20-4-2-3-5-21(20)28-16)15-27-18-7-10-30(11-8-18)25-26-9-6-19(29-25)13-23-22(31)14-24(32)33-23/h2-6,9,12-13,18,27H,7-8,10-11,14-15H2,1H3/b23-13-. The van der Waals surface area contributed by atoms with E-state index in [0.29, 0.717) is 22.6 Å². The molecule has 0 radical (unpaired) electrons. The third-order valence-electron chi connectivity index (χ3n) is 6.04. The van der Waals surface area contributed by atoms with E-state index in [0.717, 1.165) is 55.4 Å². The summed E-state index contributed by atoms with van der Waals surface area (Å²) in [5, 5.41) is 4.82. The van der Waals surface area contributed by atoms with Gasteiger partial charge in [-0.3, -0.25) is 14.6 Å². The van der Waals surface area contributed by atoms with Gasteiger partial charge in [0.05, 0.1) is 22.5 Å². The lowest BCUT2D eigenvalue weighted by Gasteiger charge is -2.32. The van der Waals surface area contributed by atoms with Gasteiger partial charge in [0, 0.05) is 43.0 Å². The average Bonchev–Trinajstić information content (AvgIpc) is 3.14. The van der Waals surface area contributed by atoms with Crippen molar-refractivity contribution in [3.05, 3.63) is 64.5 Å². The van der Waals surface area contributed by atoms with Crippen LogP contribution in [-0.4, -0.2) is 45.0 Å². The van der Waals surface area contributed by atoms with Crippen LogP contribution in [-0.2, 0) is 16.1 Å². The first kappa shape index (κ1) is 21.7. The molecule has 4 heterocycles. The highest BCUT2D eigenvalue weighted by Gasteiger charge is 2.26. The molecular formula is C25H25N5O2S. The lowest BCUT2D eigenvalue weighted by molar-refractivity contribution is -0.119. The van der Waals surface area contributed by atoms with E-state index in [4.69, 9.17) is 0 Å². The maximum atomic E-state index is 11.9.